The van der Waals surface area contributed by atoms with E-state index in [4.69, 9.17) is 5.26 Å². The predicted molar refractivity (Wildman–Crippen MR) is 60.9 cm³/mol. The Morgan fingerprint density at radius 2 is 2.20 bits per heavy atom. The van der Waals surface area contributed by atoms with Crippen LogP contribution >= 0.6 is 0 Å². The van der Waals surface area contributed by atoms with Crippen LogP contribution in [0.2, 0.25) is 0 Å². The lowest BCUT2D eigenvalue weighted by molar-refractivity contribution is -0.242. The lowest BCUT2D eigenvalue weighted by atomic mass is 10.0. The molecule has 1 saturated heterocycles. The van der Waals surface area contributed by atoms with Crippen molar-refractivity contribution in [1.29, 1.82) is 0 Å². The first-order chi connectivity index (χ1) is 7.43. The van der Waals surface area contributed by atoms with E-state index in [-0.39, 0.29) is 0 Å². The largest absolute Gasteiger partial charge is 0.317 e. The second-order valence-corrected chi connectivity index (χ2v) is 4.23. The van der Waals surface area contributed by atoms with Gasteiger partial charge in [0.15, 0.2) is 0 Å². The molecule has 1 aliphatic heterocycles. The summed E-state index contributed by atoms with van der Waals surface area (Å²) in [6.45, 7) is 3.76. The number of nitrogens with one attached hydrogen (secondary N) is 2. The Hall–Kier alpha value is -0.160. The van der Waals surface area contributed by atoms with Gasteiger partial charge in [0.25, 0.3) is 0 Å². The fraction of sp³-hybridized carbons (Fsp3) is 1.00. The molecule has 90 valence electrons. The zero-order valence-corrected chi connectivity index (χ0v) is 9.50. The minimum absolute atomic E-state index is 0.450. The Balaban J connectivity index is 1.79. The first-order valence-electron chi connectivity index (χ1n) is 6.14. The van der Waals surface area contributed by atoms with Crippen LogP contribution in [-0.2, 0) is 4.89 Å². The molecule has 1 heterocycles. The molecule has 0 amide bonds. The Bertz CT molecular complexity index is 139. The van der Waals surface area contributed by atoms with E-state index in [0.717, 1.165) is 32.0 Å². The van der Waals surface area contributed by atoms with Crippen molar-refractivity contribution in [2.24, 2.45) is 0 Å². The normalized spacial score (nSPS) is 21.8. The molecule has 0 saturated carbocycles. The highest BCUT2D eigenvalue weighted by Crippen LogP contribution is 2.08. The third kappa shape index (κ3) is 6.84. The van der Waals surface area contributed by atoms with Crippen LogP contribution in [0.25, 0.3) is 0 Å². The molecule has 3 N–H and O–H groups in total. The molecule has 1 fully saturated rings. The van der Waals surface area contributed by atoms with Gasteiger partial charge >= 0.3 is 0 Å². The zero-order valence-electron chi connectivity index (χ0n) is 9.50. The van der Waals surface area contributed by atoms with Gasteiger partial charge in [-0.2, -0.15) is 0 Å². The van der Waals surface area contributed by atoms with Crippen molar-refractivity contribution < 1.29 is 10.1 Å². The van der Waals surface area contributed by atoms with E-state index in [1.54, 1.807) is 0 Å². The highest BCUT2D eigenvalue weighted by Gasteiger charge is 2.10. The van der Waals surface area contributed by atoms with Crippen LogP contribution in [-0.4, -0.2) is 37.5 Å². The van der Waals surface area contributed by atoms with Gasteiger partial charge in [-0.15, -0.1) is 0 Å². The van der Waals surface area contributed by atoms with Crippen LogP contribution in [0.5, 0.6) is 0 Å². The summed E-state index contributed by atoms with van der Waals surface area (Å²) in [4.78, 5) is 4.01. The van der Waals surface area contributed by atoms with Gasteiger partial charge in [0.1, 0.15) is 0 Å². The van der Waals surface area contributed by atoms with Gasteiger partial charge in [0, 0.05) is 6.04 Å². The van der Waals surface area contributed by atoms with E-state index in [2.05, 4.69) is 15.5 Å². The maximum atomic E-state index is 8.11. The van der Waals surface area contributed by atoms with Crippen LogP contribution in [0.15, 0.2) is 0 Å². The van der Waals surface area contributed by atoms with Gasteiger partial charge in [-0.1, -0.05) is 6.42 Å². The molecular formula is C11H24N2O2. The van der Waals surface area contributed by atoms with Crippen LogP contribution in [0.1, 0.15) is 38.5 Å². The lowest BCUT2D eigenvalue weighted by Gasteiger charge is -2.23. The van der Waals surface area contributed by atoms with E-state index < -0.39 is 0 Å². The summed E-state index contributed by atoms with van der Waals surface area (Å²) in [5.41, 5.74) is 0. The average molecular weight is 216 g/mol. The summed E-state index contributed by atoms with van der Waals surface area (Å²) in [5, 5.41) is 15.1. The minimum Gasteiger partial charge on any atom is -0.317 e. The van der Waals surface area contributed by atoms with Gasteiger partial charge in [-0.05, 0) is 51.7 Å². The smallest absolute Gasteiger partial charge is 0.0820 e. The Labute approximate surface area is 92.3 Å². The van der Waals surface area contributed by atoms with E-state index >= 15 is 0 Å². The fourth-order valence-electron chi connectivity index (χ4n) is 1.99. The summed E-state index contributed by atoms with van der Waals surface area (Å²) in [7, 11) is 0. The van der Waals surface area contributed by atoms with Crippen molar-refractivity contribution in [2.75, 3.05) is 26.2 Å². The predicted octanol–water partition coefficient (Wildman–Crippen LogP) is 1.38. The molecule has 4 heteroatoms. The first-order valence-corrected chi connectivity index (χ1v) is 6.14. The van der Waals surface area contributed by atoms with Gasteiger partial charge < -0.3 is 10.6 Å². The molecule has 15 heavy (non-hydrogen) atoms. The van der Waals surface area contributed by atoms with Gasteiger partial charge in [-0.25, -0.2) is 4.89 Å². The van der Waals surface area contributed by atoms with Crippen molar-refractivity contribution in [3.05, 3.63) is 0 Å². The highest BCUT2D eigenvalue weighted by molar-refractivity contribution is 4.72. The standard InChI is InChI=1S/C11H24N2O2/c14-15-10-4-3-7-12-9-6-11-5-1-2-8-13-11/h11-14H,1-10H2. The third-order valence-corrected chi connectivity index (χ3v) is 2.92. The van der Waals surface area contributed by atoms with Gasteiger partial charge in [0.2, 0.25) is 0 Å². The lowest BCUT2D eigenvalue weighted by Crippen LogP contribution is -2.36. The van der Waals surface area contributed by atoms with Crippen LogP contribution in [0.3, 0.4) is 0 Å². The fourth-order valence-corrected chi connectivity index (χ4v) is 1.99. The summed E-state index contributed by atoms with van der Waals surface area (Å²) >= 11 is 0. The highest BCUT2D eigenvalue weighted by atomic mass is 17.1. The maximum absolute atomic E-state index is 8.11. The second-order valence-electron chi connectivity index (χ2n) is 4.23. The molecule has 0 spiro atoms. The molecule has 0 aliphatic carbocycles. The average Bonchev–Trinajstić information content (AvgIpc) is 2.29. The van der Waals surface area contributed by atoms with Gasteiger partial charge in [-0.3, -0.25) is 5.26 Å². The summed E-state index contributed by atoms with van der Waals surface area (Å²) in [5.74, 6) is 0. The molecule has 0 aromatic carbocycles. The molecule has 1 atom stereocenters. The third-order valence-electron chi connectivity index (χ3n) is 2.92. The molecule has 1 rings (SSSR count). The van der Waals surface area contributed by atoms with Crippen LogP contribution < -0.4 is 10.6 Å². The summed E-state index contributed by atoms with van der Waals surface area (Å²) < 4.78 is 0. The molecule has 0 aromatic heterocycles. The number of unbranched alkanes of at least 4 members (excludes halogenated alkanes) is 1. The summed E-state index contributed by atoms with van der Waals surface area (Å²) in [6.07, 6.45) is 7.27. The molecule has 4 nitrogen and oxygen atoms in total. The van der Waals surface area contributed by atoms with Crippen molar-refractivity contribution in [3.8, 4) is 0 Å². The van der Waals surface area contributed by atoms with E-state index in [1.807, 2.05) is 0 Å². The Morgan fingerprint density at radius 1 is 1.27 bits per heavy atom. The molecule has 0 radical (unpaired) electrons. The Kier molecular flexibility index (Phi) is 7.83. The SMILES string of the molecule is OOCCCCNCCC1CCCCN1. The number of hydrogen-bond acceptors (Lipinski definition) is 4. The molecule has 1 aliphatic rings. The van der Waals surface area contributed by atoms with Crippen LogP contribution in [0, 0.1) is 0 Å². The van der Waals surface area contributed by atoms with E-state index in [0.29, 0.717) is 6.61 Å². The second kappa shape index (κ2) is 9.09. The minimum atomic E-state index is 0.450. The van der Waals surface area contributed by atoms with Gasteiger partial charge in [0.05, 0.1) is 6.61 Å². The summed E-state index contributed by atoms with van der Waals surface area (Å²) in [6, 6.07) is 0.729. The molecular weight excluding hydrogens is 192 g/mol. The van der Waals surface area contributed by atoms with E-state index in [9.17, 15) is 0 Å². The van der Waals surface area contributed by atoms with Crippen molar-refractivity contribution in [3.63, 3.8) is 0 Å². The molecule has 1 unspecified atom stereocenters. The zero-order chi connectivity index (χ0) is 10.8. The topological polar surface area (TPSA) is 53.5 Å². The first kappa shape index (κ1) is 12.9. The Morgan fingerprint density at radius 3 is 2.93 bits per heavy atom. The van der Waals surface area contributed by atoms with E-state index in [1.165, 1.54) is 32.2 Å². The maximum Gasteiger partial charge on any atom is 0.0820 e. The number of hydrogen-bond donors (Lipinski definition) is 3. The quantitative estimate of drug-likeness (QED) is 0.326. The number of piperidine rings is 1. The van der Waals surface area contributed by atoms with Crippen molar-refractivity contribution in [2.45, 2.75) is 44.6 Å². The molecule has 0 aromatic rings. The number of rotatable bonds is 8. The van der Waals surface area contributed by atoms with Crippen LogP contribution in [0.4, 0.5) is 0 Å². The molecule has 0 bridgehead atoms. The van der Waals surface area contributed by atoms with Crippen molar-refractivity contribution >= 4 is 0 Å². The monoisotopic (exact) mass is 216 g/mol. The van der Waals surface area contributed by atoms with Crippen molar-refractivity contribution in [1.82, 2.24) is 10.6 Å².